The third kappa shape index (κ3) is 4.12. The van der Waals surface area contributed by atoms with E-state index in [-0.39, 0.29) is 24.6 Å². The molecule has 0 fully saturated rings. The quantitative estimate of drug-likeness (QED) is 0.464. The van der Waals surface area contributed by atoms with Gasteiger partial charge in [-0.05, 0) is 43.5 Å². The average molecular weight is 384 g/mol. The fraction of sp³-hybridized carbons (Fsp3) is 0.333. The second-order valence-electron chi connectivity index (χ2n) is 6.40. The van der Waals surface area contributed by atoms with Crippen molar-refractivity contribution in [2.75, 3.05) is 6.54 Å². The van der Waals surface area contributed by atoms with Crippen LogP contribution in [0.1, 0.15) is 35.0 Å². The van der Waals surface area contributed by atoms with Crippen molar-refractivity contribution in [1.82, 2.24) is 24.9 Å². The molecule has 1 amide bonds. The van der Waals surface area contributed by atoms with E-state index >= 15 is 0 Å². The van der Waals surface area contributed by atoms with Gasteiger partial charge in [0.25, 0.3) is 11.5 Å². The number of aliphatic hydroxyl groups excluding tert-OH is 1. The van der Waals surface area contributed by atoms with E-state index in [1.807, 2.05) is 13.8 Å². The zero-order valence-corrected chi connectivity index (χ0v) is 15.5. The third-order valence-electron chi connectivity index (χ3n) is 4.57. The molecule has 0 aliphatic rings. The maximum atomic E-state index is 12.2. The lowest BCUT2D eigenvalue weighted by Crippen LogP contribution is -2.28. The molecule has 3 aromatic rings. The second kappa shape index (κ2) is 8.09. The molecule has 0 saturated heterocycles. The lowest BCUT2D eigenvalue weighted by molar-refractivity contribution is -0.384. The highest BCUT2D eigenvalue weighted by Crippen LogP contribution is 2.18. The number of nitrogens with one attached hydrogen (secondary N) is 1. The molecule has 1 atom stereocenters. The smallest absolute Gasteiger partial charge is 0.269 e. The van der Waals surface area contributed by atoms with Crippen molar-refractivity contribution in [1.29, 1.82) is 0 Å². The summed E-state index contributed by atoms with van der Waals surface area (Å²) >= 11 is 0. The molecule has 146 valence electrons. The van der Waals surface area contributed by atoms with Gasteiger partial charge < -0.3 is 10.4 Å². The van der Waals surface area contributed by atoms with Gasteiger partial charge in [0.15, 0.2) is 0 Å². The fourth-order valence-corrected chi connectivity index (χ4v) is 2.99. The van der Waals surface area contributed by atoms with Crippen LogP contribution in [0, 0.1) is 24.0 Å². The standard InChI is InChI=1S/C18H20N6O4/c1-11-15(12(2)23-18(22-11)20-10-21-23)7-8-17(26)19-9-16(25)13-3-5-14(6-4-13)24(27)28/h3-6,10,16,25H,7-9H2,1-2H3,(H,19,26). The highest BCUT2D eigenvalue weighted by molar-refractivity contribution is 5.76. The molecule has 2 aromatic heterocycles. The van der Waals surface area contributed by atoms with Gasteiger partial charge in [0.1, 0.15) is 6.33 Å². The molecule has 10 nitrogen and oxygen atoms in total. The van der Waals surface area contributed by atoms with E-state index in [1.54, 1.807) is 4.52 Å². The van der Waals surface area contributed by atoms with Gasteiger partial charge >= 0.3 is 0 Å². The Morgan fingerprint density at radius 3 is 2.71 bits per heavy atom. The molecule has 0 aliphatic heterocycles. The molecule has 28 heavy (non-hydrogen) atoms. The number of amides is 1. The normalized spacial score (nSPS) is 12.1. The summed E-state index contributed by atoms with van der Waals surface area (Å²) in [6.07, 6.45) is 1.21. The van der Waals surface area contributed by atoms with E-state index in [1.165, 1.54) is 30.6 Å². The molecule has 3 rings (SSSR count). The first-order valence-electron chi connectivity index (χ1n) is 8.71. The topological polar surface area (TPSA) is 136 Å². The van der Waals surface area contributed by atoms with Crippen LogP contribution in [0.15, 0.2) is 30.6 Å². The number of rotatable bonds is 7. The number of non-ortho nitro benzene ring substituents is 1. The van der Waals surface area contributed by atoms with E-state index in [0.29, 0.717) is 17.8 Å². The first-order chi connectivity index (χ1) is 13.4. The second-order valence-corrected chi connectivity index (χ2v) is 6.40. The van der Waals surface area contributed by atoms with Crippen LogP contribution in [0.25, 0.3) is 5.78 Å². The number of nitro groups is 1. The van der Waals surface area contributed by atoms with Gasteiger partial charge in [-0.3, -0.25) is 14.9 Å². The van der Waals surface area contributed by atoms with Crippen LogP contribution in [0.3, 0.4) is 0 Å². The Morgan fingerprint density at radius 2 is 2.04 bits per heavy atom. The van der Waals surface area contributed by atoms with Crippen molar-refractivity contribution in [3.05, 3.63) is 63.2 Å². The number of benzene rings is 1. The Hall–Kier alpha value is -3.40. The summed E-state index contributed by atoms with van der Waals surface area (Å²) in [5.41, 5.74) is 3.07. The number of hydrogen-bond acceptors (Lipinski definition) is 7. The Balaban J connectivity index is 1.55. The van der Waals surface area contributed by atoms with Gasteiger partial charge in [0.05, 0.1) is 11.0 Å². The molecule has 10 heteroatoms. The minimum atomic E-state index is -0.943. The molecule has 0 spiro atoms. The Morgan fingerprint density at radius 1 is 1.32 bits per heavy atom. The predicted octanol–water partition coefficient (Wildman–Crippen LogP) is 1.43. The number of hydrogen-bond donors (Lipinski definition) is 2. The summed E-state index contributed by atoms with van der Waals surface area (Å²) < 4.78 is 1.64. The van der Waals surface area contributed by atoms with Gasteiger partial charge in [-0.1, -0.05) is 0 Å². The average Bonchev–Trinajstić information content (AvgIpc) is 3.14. The van der Waals surface area contributed by atoms with Crippen molar-refractivity contribution in [2.45, 2.75) is 32.8 Å². The van der Waals surface area contributed by atoms with Crippen molar-refractivity contribution >= 4 is 17.4 Å². The summed E-state index contributed by atoms with van der Waals surface area (Å²) in [5, 5.41) is 27.6. The van der Waals surface area contributed by atoms with Gasteiger partial charge in [0.2, 0.25) is 5.91 Å². The zero-order valence-electron chi connectivity index (χ0n) is 15.5. The van der Waals surface area contributed by atoms with Crippen molar-refractivity contribution in [2.24, 2.45) is 0 Å². The highest BCUT2D eigenvalue weighted by Gasteiger charge is 2.14. The number of aliphatic hydroxyl groups is 1. The van der Waals surface area contributed by atoms with Gasteiger partial charge in [-0.25, -0.2) is 9.50 Å². The maximum Gasteiger partial charge on any atom is 0.269 e. The van der Waals surface area contributed by atoms with Crippen LogP contribution in [-0.4, -0.2) is 42.1 Å². The first kappa shape index (κ1) is 19.4. The predicted molar refractivity (Wildman–Crippen MR) is 99.6 cm³/mol. The Labute approximate surface area is 160 Å². The van der Waals surface area contributed by atoms with E-state index < -0.39 is 11.0 Å². The molecule has 1 unspecified atom stereocenters. The Bertz CT molecular complexity index is 1010. The van der Waals surface area contributed by atoms with Crippen LogP contribution in [0.5, 0.6) is 0 Å². The molecule has 0 aliphatic carbocycles. The monoisotopic (exact) mass is 384 g/mol. The summed E-state index contributed by atoms with van der Waals surface area (Å²) in [7, 11) is 0. The SMILES string of the molecule is Cc1nc2ncnn2c(C)c1CCC(=O)NCC(O)c1ccc([N+](=O)[O-])cc1. The van der Waals surface area contributed by atoms with Gasteiger partial charge in [-0.2, -0.15) is 10.1 Å². The maximum absolute atomic E-state index is 12.2. The van der Waals surface area contributed by atoms with Crippen molar-refractivity contribution < 1.29 is 14.8 Å². The Kier molecular flexibility index (Phi) is 5.59. The number of nitrogens with zero attached hydrogens (tertiary/aromatic N) is 5. The van der Waals surface area contributed by atoms with E-state index in [4.69, 9.17) is 0 Å². The molecular formula is C18H20N6O4. The van der Waals surface area contributed by atoms with Crippen LogP contribution in [0.4, 0.5) is 5.69 Å². The third-order valence-corrected chi connectivity index (χ3v) is 4.57. The minimum Gasteiger partial charge on any atom is -0.387 e. The molecule has 0 saturated carbocycles. The van der Waals surface area contributed by atoms with Gasteiger partial charge in [0, 0.05) is 36.5 Å². The number of aromatic nitrogens is 4. The first-order valence-corrected chi connectivity index (χ1v) is 8.71. The van der Waals surface area contributed by atoms with Crippen molar-refractivity contribution in [3.63, 3.8) is 0 Å². The summed E-state index contributed by atoms with van der Waals surface area (Å²) in [5.74, 6) is 0.313. The minimum absolute atomic E-state index is 0.0228. The molecule has 0 radical (unpaired) electrons. The molecule has 1 aromatic carbocycles. The van der Waals surface area contributed by atoms with Crippen LogP contribution in [0.2, 0.25) is 0 Å². The lowest BCUT2D eigenvalue weighted by atomic mass is 10.1. The number of carbonyl (C=O) groups is 1. The molecular weight excluding hydrogens is 364 g/mol. The van der Waals surface area contributed by atoms with Crippen LogP contribution in [-0.2, 0) is 11.2 Å². The number of carbonyl (C=O) groups excluding carboxylic acids is 1. The molecule has 2 heterocycles. The zero-order chi connectivity index (χ0) is 20.3. The fourth-order valence-electron chi connectivity index (χ4n) is 2.99. The molecule has 2 N–H and O–H groups in total. The number of fused-ring (bicyclic) bond motifs is 1. The summed E-state index contributed by atoms with van der Waals surface area (Å²) in [6.45, 7) is 3.80. The van der Waals surface area contributed by atoms with Crippen molar-refractivity contribution in [3.8, 4) is 0 Å². The van der Waals surface area contributed by atoms with E-state index in [0.717, 1.165) is 17.0 Å². The number of aryl methyl sites for hydroxylation is 2. The highest BCUT2D eigenvalue weighted by atomic mass is 16.6. The summed E-state index contributed by atoms with van der Waals surface area (Å²) in [6, 6.07) is 5.58. The lowest BCUT2D eigenvalue weighted by Gasteiger charge is -2.13. The number of nitro benzene ring substituents is 1. The van der Waals surface area contributed by atoms with Gasteiger partial charge in [-0.15, -0.1) is 0 Å². The van der Waals surface area contributed by atoms with E-state index in [9.17, 15) is 20.0 Å². The largest absolute Gasteiger partial charge is 0.387 e. The molecule has 0 bridgehead atoms. The van der Waals surface area contributed by atoms with E-state index in [2.05, 4.69) is 20.4 Å². The summed E-state index contributed by atoms with van der Waals surface area (Å²) in [4.78, 5) is 30.8. The van der Waals surface area contributed by atoms with Crippen LogP contribution < -0.4 is 5.32 Å². The van der Waals surface area contributed by atoms with Crippen LogP contribution >= 0.6 is 0 Å².